The van der Waals surface area contributed by atoms with Crippen LogP contribution in [0.3, 0.4) is 0 Å². The van der Waals surface area contributed by atoms with Gasteiger partial charge in [0.05, 0.1) is 4.90 Å². The van der Waals surface area contributed by atoms with Gasteiger partial charge < -0.3 is 9.80 Å². The highest BCUT2D eigenvalue weighted by Crippen LogP contribution is 2.28. The molecule has 0 spiro atoms. The van der Waals surface area contributed by atoms with E-state index in [4.69, 9.17) is 0 Å². The Morgan fingerprint density at radius 2 is 1.55 bits per heavy atom. The normalized spacial score (nSPS) is 22.4. The minimum atomic E-state index is -3.61. The van der Waals surface area contributed by atoms with E-state index in [1.54, 1.807) is 28.6 Å². The molecule has 0 aliphatic carbocycles. The third-order valence-corrected chi connectivity index (χ3v) is 8.87. The number of piperidine rings is 1. The highest BCUT2D eigenvalue weighted by atomic mass is 32.2. The molecule has 6 nitrogen and oxygen atoms in total. The van der Waals surface area contributed by atoms with Gasteiger partial charge in [0, 0.05) is 50.5 Å². The Kier molecular flexibility index (Phi) is 6.82. The van der Waals surface area contributed by atoms with Gasteiger partial charge in [-0.3, -0.25) is 4.79 Å². The van der Waals surface area contributed by atoms with Crippen molar-refractivity contribution in [1.29, 1.82) is 0 Å². The number of rotatable bonds is 4. The Hall–Kier alpha value is -2.38. The predicted octanol–water partition coefficient (Wildman–Crippen LogP) is 3.93. The Bertz CT molecular complexity index is 1110. The van der Waals surface area contributed by atoms with Gasteiger partial charge in [0.1, 0.15) is 0 Å². The van der Waals surface area contributed by atoms with Crippen LogP contribution in [0, 0.1) is 25.7 Å². The van der Waals surface area contributed by atoms with Gasteiger partial charge >= 0.3 is 0 Å². The molecule has 2 atom stereocenters. The van der Waals surface area contributed by atoms with Crippen LogP contribution in [0.2, 0.25) is 0 Å². The fourth-order valence-corrected chi connectivity index (χ4v) is 6.88. The largest absolute Gasteiger partial charge is 0.368 e. The molecule has 2 aromatic carbocycles. The zero-order chi connectivity index (χ0) is 23.8. The molecule has 2 unspecified atom stereocenters. The lowest BCUT2D eigenvalue weighted by atomic mass is 9.94. The van der Waals surface area contributed by atoms with E-state index in [1.165, 1.54) is 16.8 Å². The van der Waals surface area contributed by atoms with E-state index in [0.717, 1.165) is 19.5 Å². The lowest BCUT2D eigenvalue weighted by Gasteiger charge is -2.37. The number of aryl methyl sites for hydroxylation is 1. The van der Waals surface area contributed by atoms with Crippen molar-refractivity contribution < 1.29 is 13.2 Å². The summed E-state index contributed by atoms with van der Waals surface area (Å²) in [6.45, 7) is 12.3. The molecule has 2 aliphatic heterocycles. The molecule has 2 saturated heterocycles. The molecule has 178 valence electrons. The molecule has 33 heavy (non-hydrogen) atoms. The van der Waals surface area contributed by atoms with E-state index in [9.17, 15) is 13.2 Å². The summed E-state index contributed by atoms with van der Waals surface area (Å²) < 4.78 is 28.1. The van der Waals surface area contributed by atoms with Gasteiger partial charge in [-0.15, -0.1) is 0 Å². The quantitative estimate of drug-likeness (QED) is 0.681. The van der Waals surface area contributed by atoms with Crippen LogP contribution in [0.1, 0.15) is 41.8 Å². The van der Waals surface area contributed by atoms with Gasteiger partial charge in [-0.05, 0) is 67.5 Å². The summed E-state index contributed by atoms with van der Waals surface area (Å²) in [6, 6.07) is 12.9. The van der Waals surface area contributed by atoms with Gasteiger partial charge in [0.2, 0.25) is 10.0 Å². The summed E-state index contributed by atoms with van der Waals surface area (Å²) in [5.74, 6) is 0.566. The number of anilines is 1. The molecule has 2 aromatic rings. The van der Waals surface area contributed by atoms with E-state index >= 15 is 0 Å². The molecule has 0 N–H and O–H groups in total. The average Bonchev–Trinajstić information content (AvgIpc) is 2.80. The Balaban J connectivity index is 1.47. The van der Waals surface area contributed by atoms with Crippen LogP contribution in [0.4, 0.5) is 5.69 Å². The van der Waals surface area contributed by atoms with Crippen LogP contribution in [-0.4, -0.2) is 62.8 Å². The number of benzene rings is 2. The first-order valence-corrected chi connectivity index (χ1v) is 13.3. The Morgan fingerprint density at radius 3 is 2.21 bits per heavy atom. The summed E-state index contributed by atoms with van der Waals surface area (Å²) in [6.07, 6.45) is 1.04. The highest BCUT2D eigenvalue weighted by Gasteiger charge is 2.32. The summed E-state index contributed by atoms with van der Waals surface area (Å²) in [5.41, 5.74) is 4.20. The van der Waals surface area contributed by atoms with E-state index in [-0.39, 0.29) is 10.8 Å². The molecule has 7 heteroatoms. The molecule has 2 heterocycles. The summed E-state index contributed by atoms with van der Waals surface area (Å²) >= 11 is 0. The molecule has 0 bridgehead atoms. The fourth-order valence-electron chi connectivity index (χ4n) is 5.15. The number of hydrogen-bond acceptors (Lipinski definition) is 4. The van der Waals surface area contributed by atoms with Crippen LogP contribution in [0.5, 0.6) is 0 Å². The minimum absolute atomic E-state index is 0.104. The average molecular weight is 470 g/mol. The SMILES string of the molecule is Cc1cccc(N2CCN(C(=O)c3cccc(S(=O)(=O)N4CC(C)CC(C)C4)c3)CC2)c1C. The van der Waals surface area contributed by atoms with Crippen molar-refractivity contribution in [2.75, 3.05) is 44.2 Å². The zero-order valence-electron chi connectivity index (χ0n) is 20.1. The first-order chi connectivity index (χ1) is 15.7. The first kappa shape index (κ1) is 23.8. The fraction of sp³-hybridized carbons (Fsp3) is 0.500. The smallest absolute Gasteiger partial charge is 0.254 e. The number of piperazine rings is 1. The maximum absolute atomic E-state index is 13.3. The number of sulfonamides is 1. The van der Waals surface area contributed by atoms with Crippen LogP contribution in [0.25, 0.3) is 0 Å². The maximum atomic E-state index is 13.3. The van der Waals surface area contributed by atoms with E-state index < -0.39 is 10.0 Å². The molecule has 2 fully saturated rings. The van der Waals surface area contributed by atoms with Crippen LogP contribution in [0.15, 0.2) is 47.4 Å². The van der Waals surface area contributed by atoms with Gasteiger partial charge in [0.15, 0.2) is 0 Å². The second-order valence-electron chi connectivity index (χ2n) is 9.79. The van der Waals surface area contributed by atoms with Crippen molar-refractivity contribution >= 4 is 21.6 Å². The standard InChI is InChI=1S/C26H35N3O3S/c1-19-15-20(2)18-29(17-19)33(31,32)24-9-6-8-23(16-24)26(30)28-13-11-27(12-14-28)25-10-5-7-21(3)22(25)4/h5-10,16,19-20H,11-15,17-18H2,1-4H3. The third kappa shape index (κ3) is 4.94. The van der Waals surface area contributed by atoms with Crippen LogP contribution in [-0.2, 0) is 10.0 Å². The minimum Gasteiger partial charge on any atom is -0.368 e. The van der Waals surface area contributed by atoms with E-state index in [1.807, 2.05) is 4.90 Å². The number of hydrogen-bond donors (Lipinski definition) is 0. The molecule has 1 amide bonds. The van der Waals surface area contributed by atoms with Crippen molar-refractivity contribution in [2.45, 2.75) is 39.0 Å². The van der Waals surface area contributed by atoms with Gasteiger partial charge in [0.25, 0.3) is 5.91 Å². The maximum Gasteiger partial charge on any atom is 0.254 e. The molecule has 4 rings (SSSR count). The third-order valence-electron chi connectivity index (χ3n) is 7.04. The molecule has 0 aromatic heterocycles. The van der Waals surface area contributed by atoms with Crippen LogP contribution >= 0.6 is 0 Å². The number of nitrogens with zero attached hydrogens (tertiary/aromatic N) is 3. The van der Waals surface area contributed by atoms with Crippen molar-refractivity contribution in [3.63, 3.8) is 0 Å². The Morgan fingerprint density at radius 1 is 0.909 bits per heavy atom. The van der Waals surface area contributed by atoms with Crippen molar-refractivity contribution in [3.05, 3.63) is 59.2 Å². The monoisotopic (exact) mass is 469 g/mol. The molecular weight excluding hydrogens is 434 g/mol. The van der Waals surface area contributed by atoms with Gasteiger partial charge in [-0.25, -0.2) is 8.42 Å². The number of carbonyl (C=O) groups is 1. The Labute approximate surface area is 198 Å². The lowest BCUT2D eigenvalue weighted by molar-refractivity contribution is 0.0746. The van der Waals surface area contributed by atoms with Crippen molar-refractivity contribution in [1.82, 2.24) is 9.21 Å². The summed E-state index contributed by atoms with van der Waals surface area (Å²) in [7, 11) is -3.61. The number of amides is 1. The molecular formula is C26H35N3O3S. The highest BCUT2D eigenvalue weighted by molar-refractivity contribution is 7.89. The zero-order valence-corrected chi connectivity index (χ0v) is 20.9. The summed E-state index contributed by atoms with van der Waals surface area (Å²) in [4.78, 5) is 17.6. The van der Waals surface area contributed by atoms with Gasteiger partial charge in [-0.2, -0.15) is 4.31 Å². The molecule has 0 radical (unpaired) electrons. The molecule has 0 saturated carbocycles. The second kappa shape index (κ2) is 9.47. The molecule has 2 aliphatic rings. The van der Waals surface area contributed by atoms with E-state index in [0.29, 0.717) is 43.6 Å². The summed E-state index contributed by atoms with van der Waals surface area (Å²) in [5, 5.41) is 0. The number of carbonyl (C=O) groups excluding carboxylic acids is 1. The van der Waals surface area contributed by atoms with E-state index in [2.05, 4.69) is 50.8 Å². The predicted molar refractivity (Wildman–Crippen MR) is 132 cm³/mol. The van der Waals surface area contributed by atoms with Crippen molar-refractivity contribution in [3.8, 4) is 0 Å². The first-order valence-electron chi connectivity index (χ1n) is 11.9. The second-order valence-corrected chi connectivity index (χ2v) is 11.7. The van der Waals surface area contributed by atoms with Crippen LogP contribution < -0.4 is 4.90 Å². The topological polar surface area (TPSA) is 60.9 Å². The van der Waals surface area contributed by atoms with Gasteiger partial charge in [-0.1, -0.05) is 32.0 Å². The lowest BCUT2D eigenvalue weighted by Crippen LogP contribution is -2.49. The van der Waals surface area contributed by atoms with Crippen molar-refractivity contribution in [2.24, 2.45) is 11.8 Å².